The number of nitro groups is 1. The molecule has 9 heteroatoms. The minimum absolute atomic E-state index is 0.132. The van der Waals surface area contributed by atoms with Gasteiger partial charge in [-0.15, -0.1) is 0 Å². The summed E-state index contributed by atoms with van der Waals surface area (Å²) in [7, 11) is 0. The summed E-state index contributed by atoms with van der Waals surface area (Å²) in [6.07, 6.45) is -3.27. The second kappa shape index (κ2) is 5.04. The second-order valence-electron chi connectivity index (χ2n) is 3.56. The lowest BCUT2D eigenvalue weighted by molar-refractivity contribution is -0.384. The number of hydrogen-bond donors (Lipinski definition) is 1. The van der Waals surface area contributed by atoms with E-state index >= 15 is 0 Å². The Morgan fingerprint density at radius 2 is 1.89 bits per heavy atom. The van der Waals surface area contributed by atoms with Crippen LogP contribution in [-0.4, -0.2) is 30.5 Å². The van der Waals surface area contributed by atoms with E-state index in [1.165, 1.54) is 0 Å². The Balaban J connectivity index is 2.40. The van der Waals surface area contributed by atoms with Crippen molar-refractivity contribution in [1.82, 2.24) is 0 Å². The maximum absolute atomic E-state index is 12.1. The number of nitrogens with one attached hydrogen (secondary N) is 1. The third-order valence-corrected chi connectivity index (χ3v) is 2.31. The van der Waals surface area contributed by atoms with Crippen LogP contribution in [0.2, 0.25) is 0 Å². The van der Waals surface area contributed by atoms with Crippen molar-refractivity contribution >= 4 is 17.3 Å². The predicted octanol–water partition coefficient (Wildman–Crippen LogP) is 1.57. The zero-order valence-corrected chi connectivity index (χ0v) is 9.39. The van der Waals surface area contributed by atoms with Gasteiger partial charge in [-0.25, -0.2) is 0 Å². The Bertz CT molecular complexity index is 535. The molecule has 1 amide bonds. The molecule has 1 aromatic carbocycles. The highest BCUT2D eigenvalue weighted by molar-refractivity contribution is 5.95. The molecule has 0 aromatic heterocycles. The van der Waals surface area contributed by atoms with Gasteiger partial charge in [0.25, 0.3) is 11.6 Å². The number of carbonyl (C=O) groups excluding carboxylic acids is 1. The molecular formula is C10H8F2N2O5. The second-order valence-corrected chi connectivity index (χ2v) is 3.56. The van der Waals surface area contributed by atoms with Gasteiger partial charge < -0.3 is 14.8 Å². The summed E-state index contributed by atoms with van der Waals surface area (Å²) in [5.41, 5.74) is -0.905. The molecule has 0 spiro atoms. The molecule has 0 bridgehead atoms. The first kappa shape index (κ1) is 13.0. The van der Waals surface area contributed by atoms with Crippen molar-refractivity contribution in [3.63, 3.8) is 0 Å². The molecule has 0 saturated heterocycles. The Morgan fingerprint density at radius 1 is 1.32 bits per heavy atom. The lowest BCUT2D eigenvalue weighted by Gasteiger charge is -2.19. The third kappa shape index (κ3) is 2.69. The molecular weight excluding hydrogens is 266 g/mol. The van der Waals surface area contributed by atoms with Crippen LogP contribution in [0.1, 0.15) is 0 Å². The molecule has 102 valence electrons. The fourth-order valence-corrected chi connectivity index (χ4v) is 1.52. The van der Waals surface area contributed by atoms with Crippen molar-refractivity contribution in [2.24, 2.45) is 0 Å². The van der Waals surface area contributed by atoms with Crippen molar-refractivity contribution < 1.29 is 28.0 Å². The van der Waals surface area contributed by atoms with E-state index < -0.39 is 22.9 Å². The number of nitrogens with zero attached hydrogens (tertiary/aromatic N) is 1. The van der Waals surface area contributed by atoms with Gasteiger partial charge in [-0.05, 0) is 0 Å². The maximum atomic E-state index is 12.1. The molecule has 0 fully saturated rings. The van der Waals surface area contributed by atoms with E-state index in [2.05, 4.69) is 0 Å². The maximum Gasteiger partial charge on any atom is 0.315 e. The average molecular weight is 274 g/mol. The van der Waals surface area contributed by atoms with Crippen LogP contribution in [0.3, 0.4) is 0 Å². The predicted molar refractivity (Wildman–Crippen MR) is 58.7 cm³/mol. The van der Waals surface area contributed by atoms with Gasteiger partial charge in [0.2, 0.25) is 0 Å². The number of amides is 1. The first-order valence-corrected chi connectivity index (χ1v) is 5.16. The van der Waals surface area contributed by atoms with Gasteiger partial charge in [0.15, 0.2) is 11.5 Å². The average Bonchev–Trinajstić information content (AvgIpc) is 2.37. The van der Waals surface area contributed by atoms with Crippen LogP contribution >= 0.6 is 0 Å². The van der Waals surface area contributed by atoms with Gasteiger partial charge >= 0.3 is 6.43 Å². The van der Waals surface area contributed by atoms with Crippen LogP contribution in [0.4, 0.5) is 20.2 Å². The molecule has 1 aliphatic heterocycles. The Kier molecular flexibility index (Phi) is 3.45. The molecule has 0 unspecified atom stereocenters. The molecule has 1 aliphatic rings. The van der Waals surface area contributed by atoms with E-state index in [0.717, 1.165) is 12.1 Å². The highest BCUT2D eigenvalue weighted by Crippen LogP contribution is 2.39. The van der Waals surface area contributed by atoms with Gasteiger partial charge in [-0.1, -0.05) is 0 Å². The Labute approximate surface area is 105 Å². The molecule has 0 aliphatic carbocycles. The summed E-state index contributed by atoms with van der Waals surface area (Å²) in [6, 6.07) is 2.11. The van der Waals surface area contributed by atoms with Crippen LogP contribution in [0.5, 0.6) is 11.5 Å². The number of nitro benzene ring substituents is 1. The summed E-state index contributed by atoms with van der Waals surface area (Å²) in [5, 5.41) is 12.6. The first-order chi connectivity index (χ1) is 8.99. The van der Waals surface area contributed by atoms with E-state index in [9.17, 15) is 23.7 Å². The lowest BCUT2D eigenvalue weighted by atomic mass is 10.2. The third-order valence-electron chi connectivity index (χ3n) is 2.31. The van der Waals surface area contributed by atoms with Crippen LogP contribution in [-0.2, 0) is 4.79 Å². The SMILES string of the molecule is O=C(Nc1cc2c(cc1[N+](=O)[O-])OCCO2)C(F)F. The van der Waals surface area contributed by atoms with E-state index in [0.29, 0.717) is 0 Å². The molecule has 1 heterocycles. The number of anilines is 1. The molecule has 0 atom stereocenters. The van der Waals surface area contributed by atoms with Crippen LogP contribution in [0.25, 0.3) is 0 Å². The fourth-order valence-electron chi connectivity index (χ4n) is 1.52. The number of fused-ring (bicyclic) bond motifs is 1. The first-order valence-electron chi connectivity index (χ1n) is 5.16. The van der Waals surface area contributed by atoms with Gasteiger partial charge in [0.1, 0.15) is 18.9 Å². The topological polar surface area (TPSA) is 90.7 Å². The van der Waals surface area contributed by atoms with E-state index in [1.54, 1.807) is 5.32 Å². The monoisotopic (exact) mass is 274 g/mol. The Morgan fingerprint density at radius 3 is 2.42 bits per heavy atom. The minimum atomic E-state index is -3.27. The minimum Gasteiger partial charge on any atom is -0.486 e. The summed E-state index contributed by atoms with van der Waals surface area (Å²) in [5.74, 6) is -1.34. The number of rotatable bonds is 3. The fraction of sp³-hybridized carbons (Fsp3) is 0.300. The zero-order valence-electron chi connectivity index (χ0n) is 9.39. The van der Waals surface area contributed by atoms with Crippen molar-refractivity contribution in [2.75, 3.05) is 18.5 Å². The number of carbonyl (C=O) groups is 1. The summed E-state index contributed by atoms with van der Waals surface area (Å²) in [4.78, 5) is 20.9. The zero-order chi connectivity index (χ0) is 14.0. The van der Waals surface area contributed by atoms with Crippen LogP contribution in [0, 0.1) is 10.1 Å². The molecule has 19 heavy (non-hydrogen) atoms. The van der Waals surface area contributed by atoms with Crippen molar-refractivity contribution in [3.8, 4) is 11.5 Å². The molecule has 2 rings (SSSR count). The normalized spacial score (nSPS) is 13.2. The van der Waals surface area contributed by atoms with E-state index in [-0.39, 0.29) is 30.4 Å². The van der Waals surface area contributed by atoms with Gasteiger partial charge in [0, 0.05) is 6.07 Å². The number of ether oxygens (including phenoxy) is 2. The summed E-state index contributed by atoms with van der Waals surface area (Å²) >= 11 is 0. The largest absolute Gasteiger partial charge is 0.486 e. The molecule has 0 saturated carbocycles. The summed E-state index contributed by atoms with van der Waals surface area (Å²) in [6.45, 7) is 0.458. The highest BCUT2D eigenvalue weighted by Gasteiger charge is 2.25. The number of hydrogen-bond acceptors (Lipinski definition) is 5. The smallest absolute Gasteiger partial charge is 0.315 e. The van der Waals surface area contributed by atoms with Crippen LogP contribution < -0.4 is 14.8 Å². The van der Waals surface area contributed by atoms with Crippen molar-refractivity contribution in [2.45, 2.75) is 6.43 Å². The number of alkyl halides is 2. The molecule has 7 nitrogen and oxygen atoms in total. The van der Waals surface area contributed by atoms with Crippen molar-refractivity contribution in [1.29, 1.82) is 0 Å². The van der Waals surface area contributed by atoms with E-state index in [4.69, 9.17) is 9.47 Å². The number of halogens is 2. The Hall–Kier alpha value is -2.45. The standard InChI is InChI=1S/C10H8F2N2O5/c11-9(12)10(15)13-5-3-7-8(19-2-1-18-7)4-6(5)14(16)17/h3-4,9H,1-2H2,(H,13,15). The summed E-state index contributed by atoms with van der Waals surface area (Å²) < 4.78 is 34.6. The van der Waals surface area contributed by atoms with Crippen LogP contribution in [0.15, 0.2) is 12.1 Å². The molecule has 1 N–H and O–H groups in total. The quantitative estimate of drug-likeness (QED) is 0.667. The van der Waals surface area contributed by atoms with E-state index in [1.807, 2.05) is 0 Å². The lowest BCUT2D eigenvalue weighted by Crippen LogP contribution is -2.21. The van der Waals surface area contributed by atoms with Crippen molar-refractivity contribution in [3.05, 3.63) is 22.2 Å². The molecule has 1 aromatic rings. The highest BCUT2D eigenvalue weighted by atomic mass is 19.3. The molecule has 0 radical (unpaired) electrons. The van der Waals surface area contributed by atoms with Gasteiger partial charge in [0.05, 0.1) is 11.0 Å². The number of benzene rings is 1. The van der Waals surface area contributed by atoms with Gasteiger partial charge in [-0.2, -0.15) is 8.78 Å². The van der Waals surface area contributed by atoms with Gasteiger partial charge in [-0.3, -0.25) is 14.9 Å².